The molecule has 0 saturated carbocycles. The van der Waals surface area contributed by atoms with Crippen molar-refractivity contribution in [3.05, 3.63) is 0 Å². The fourth-order valence-electron chi connectivity index (χ4n) is 2.24. The molecule has 0 aromatic heterocycles. The van der Waals surface area contributed by atoms with E-state index in [0.29, 0.717) is 0 Å². The van der Waals surface area contributed by atoms with Crippen molar-refractivity contribution in [1.82, 2.24) is 0 Å². The van der Waals surface area contributed by atoms with Crippen LogP contribution in [0.25, 0.3) is 0 Å². The van der Waals surface area contributed by atoms with E-state index in [0.717, 1.165) is 0 Å². The van der Waals surface area contributed by atoms with Gasteiger partial charge in [0.1, 0.15) is 6.69 Å². The van der Waals surface area contributed by atoms with Crippen molar-refractivity contribution in [2.45, 2.75) is 50.1 Å². The van der Waals surface area contributed by atoms with Crippen molar-refractivity contribution in [2.24, 2.45) is 0 Å². The molecule has 0 aromatic rings. The van der Waals surface area contributed by atoms with Crippen molar-refractivity contribution in [2.75, 3.05) is 0 Å². The molecule has 0 nitrogen and oxygen atoms in total. The minimum Gasteiger partial charge on any atom is -0.127 e. The number of hydrogen-bond donors (Lipinski definition) is 0. The van der Waals surface area contributed by atoms with E-state index in [-0.39, 0.29) is 8.80 Å². The zero-order valence-corrected chi connectivity index (χ0v) is 11.4. The maximum absolute atomic E-state index is 4.01. The lowest BCUT2D eigenvalue weighted by Crippen LogP contribution is -2.48. The fraction of sp³-hybridized carbons (Fsp3) is 1.00. The molecule has 0 atom stereocenters. The summed E-state index contributed by atoms with van der Waals surface area (Å²) >= 11 is 4.01. The van der Waals surface area contributed by atoms with Gasteiger partial charge in [0.25, 0.3) is 0 Å². The minimum absolute atomic E-state index is 0.143. The molecule has 1 heterocycles. The van der Waals surface area contributed by atoms with E-state index in [1.165, 1.54) is 12.8 Å². The summed E-state index contributed by atoms with van der Waals surface area (Å²) in [5.74, 6) is 0. The Kier molecular flexibility index (Phi) is 3.85. The summed E-state index contributed by atoms with van der Waals surface area (Å²) in [6.07, 6.45) is 2.85. The van der Waals surface area contributed by atoms with Crippen LogP contribution in [0, 0.1) is 0 Å². The summed E-state index contributed by atoms with van der Waals surface area (Å²) in [6.45, 7) is 3.94. The lowest BCUT2D eigenvalue weighted by Gasteiger charge is -2.40. The van der Waals surface area contributed by atoms with Gasteiger partial charge in [0.15, 0.2) is 0 Å². The number of hydrogen-bond acceptors (Lipinski definition) is 0. The molecule has 0 amide bonds. The van der Waals surface area contributed by atoms with Crippen LogP contribution in [0.3, 0.4) is 0 Å². The fourth-order valence-corrected chi connectivity index (χ4v) is 24.4. The summed E-state index contributed by atoms with van der Waals surface area (Å²) in [6, 6.07) is 3.16. The second-order valence-corrected chi connectivity index (χ2v) is 17.4. The molecule has 66 valence electrons. The van der Waals surface area contributed by atoms with E-state index >= 15 is 0 Å². The predicted octanol–water partition coefficient (Wildman–Crippen LogP) is 3.47. The Morgan fingerprint density at radius 2 is 1.91 bits per heavy atom. The first kappa shape index (κ1) is 10.00. The summed E-state index contributed by atoms with van der Waals surface area (Å²) < 4.78 is 0. The van der Waals surface area contributed by atoms with Crippen LogP contribution >= 0.6 is 15.3 Å². The Hall–Kier alpha value is 0.914. The molecule has 11 heavy (non-hydrogen) atoms. The van der Waals surface area contributed by atoms with Gasteiger partial charge in [-0.05, 0) is 6.04 Å². The summed E-state index contributed by atoms with van der Waals surface area (Å²) in [7, 11) is -0.143. The highest BCUT2D eigenvalue weighted by Gasteiger charge is 2.43. The lowest BCUT2D eigenvalue weighted by molar-refractivity contribution is 1.02. The second-order valence-electron chi connectivity index (χ2n) is 3.96. The van der Waals surface area contributed by atoms with Crippen molar-refractivity contribution in [3.63, 3.8) is 0 Å². The molecule has 0 aromatic carbocycles. The molecular formula is C8H19BrSi2. The molecule has 1 fully saturated rings. The average Bonchev–Trinajstić information content (AvgIpc) is 1.85. The van der Waals surface area contributed by atoms with E-state index in [4.69, 9.17) is 0 Å². The number of rotatable bonds is 4. The topological polar surface area (TPSA) is 0 Å². The molecule has 0 aliphatic carbocycles. The normalized spacial score (nSPS) is 36.8. The standard InChI is InChI=1S/C8H19BrSi2/c1-3-5-10-7-11(9,8-10)6-4-2/h10H,3-8H2,1-2H3. The van der Waals surface area contributed by atoms with Crippen LogP contribution in [0.5, 0.6) is 0 Å². The van der Waals surface area contributed by atoms with Gasteiger partial charge in [-0.1, -0.05) is 44.1 Å². The highest BCUT2D eigenvalue weighted by Crippen LogP contribution is 2.42. The van der Waals surface area contributed by atoms with Gasteiger partial charge in [-0.3, -0.25) is 0 Å². The van der Waals surface area contributed by atoms with Gasteiger partial charge in [-0.15, -0.1) is 15.3 Å². The Bertz CT molecular complexity index is 121. The van der Waals surface area contributed by atoms with Gasteiger partial charge >= 0.3 is 0 Å². The van der Waals surface area contributed by atoms with Gasteiger partial charge in [-0.2, -0.15) is 0 Å². The van der Waals surface area contributed by atoms with Crippen LogP contribution in [0.4, 0.5) is 0 Å². The maximum Gasteiger partial charge on any atom is 0.124 e. The van der Waals surface area contributed by atoms with Crippen molar-refractivity contribution in [1.29, 1.82) is 0 Å². The van der Waals surface area contributed by atoms with Crippen LogP contribution < -0.4 is 0 Å². The zero-order chi connectivity index (χ0) is 8.32. The quantitative estimate of drug-likeness (QED) is 0.530. The van der Waals surface area contributed by atoms with Gasteiger partial charge in [0.05, 0.1) is 0 Å². The van der Waals surface area contributed by atoms with Gasteiger partial charge in [0.2, 0.25) is 0 Å². The van der Waals surface area contributed by atoms with Gasteiger partial charge in [-0.25, -0.2) is 0 Å². The first-order valence-corrected chi connectivity index (χ1v) is 12.2. The lowest BCUT2D eigenvalue weighted by atomic mass is 10.6. The molecule has 3 heteroatoms. The monoisotopic (exact) mass is 250 g/mol. The van der Waals surface area contributed by atoms with E-state index in [2.05, 4.69) is 29.1 Å². The zero-order valence-electron chi connectivity index (χ0n) is 7.70. The Labute approximate surface area is 81.0 Å². The molecule has 0 unspecified atom stereocenters. The highest BCUT2D eigenvalue weighted by atomic mass is 79.9. The van der Waals surface area contributed by atoms with Gasteiger partial charge < -0.3 is 0 Å². The van der Waals surface area contributed by atoms with Crippen LogP contribution in [0.2, 0.25) is 23.4 Å². The van der Waals surface area contributed by atoms with Crippen LogP contribution in [0.1, 0.15) is 26.7 Å². The van der Waals surface area contributed by atoms with E-state index in [1.54, 1.807) is 23.4 Å². The summed E-state index contributed by atoms with van der Waals surface area (Å²) in [4.78, 5) is 0. The molecular weight excluding hydrogens is 232 g/mol. The van der Waals surface area contributed by atoms with Crippen LogP contribution in [-0.4, -0.2) is 15.5 Å². The average molecular weight is 251 g/mol. The molecule has 0 radical (unpaired) electrons. The molecule has 0 spiro atoms. The first-order valence-electron chi connectivity index (χ1n) is 4.89. The van der Waals surface area contributed by atoms with Crippen LogP contribution in [0.15, 0.2) is 0 Å². The third-order valence-corrected chi connectivity index (χ3v) is 23.0. The Balaban J connectivity index is 2.15. The van der Waals surface area contributed by atoms with E-state index < -0.39 is 6.69 Å². The van der Waals surface area contributed by atoms with Gasteiger partial charge in [0, 0.05) is 8.80 Å². The highest BCUT2D eigenvalue weighted by molar-refractivity contribution is 9.26. The predicted molar refractivity (Wildman–Crippen MR) is 61.6 cm³/mol. The third kappa shape index (κ3) is 2.70. The smallest absolute Gasteiger partial charge is 0.124 e. The van der Waals surface area contributed by atoms with E-state index in [1.807, 2.05) is 0 Å². The third-order valence-electron chi connectivity index (χ3n) is 2.70. The Morgan fingerprint density at radius 3 is 2.36 bits per heavy atom. The second kappa shape index (κ2) is 4.24. The molecule has 1 rings (SSSR count). The summed E-state index contributed by atoms with van der Waals surface area (Å²) in [5.41, 5.74) is 3.41. The number of halogens is 1. The maximum atomic E-state index is 4.01. The molecule has 0 bridgehead atoms. The Morgan fingerprint density at radius 1 is 1.27 bits per heavy atom. The van der Waals surface area contributed by atoms with Crippen LogP contribution in [-0.2, 0) is 0 Å². The first-order chi connectivity index (χ1) is 5.20. The minimum atomic E-state index is -0.723. The summed E-state index contributed by atoms with van der Waals surface area (Å²) in [5, 5.41) is 0. The SMILES string of the molecule is CCC[SiH]1C[Si](Br)(CCC)C1. The van der Waals surface area contributed by atoms with Crippen molar-refractivity contribution >= 4 is 30.8 Å². The van der Waals surface area contributed by atoms with E-state index in [9.17, 15) is 0 Å². The molecule has 1 aliphatic heterocycles. The largest absolute Gasteiger partial charge is 0.127 e. The molecule has 0 N–H and O–H groups in total. The van der Waals surface area contributed by atoms with Crippen molar-refractivity contribution in [3.8, 4) is 0 Å². The molecule has 1 aliphatic rings. The van der Waals surface area contributed by atoms with Crippen molar-refractivity contribution < 1.29 is 0 Å². The molecule has 1 saturated heterocycles.